The van der Waals surface area contributed by atoms with E-state index in [0.717, 1.165) is 10.2 Å². The molecular formula is C16H15BrClNO2. The zero-order valence-electron chi connectivity index (χ0n) is 11.5. The number of ether oxygens (including phenoxy) is 1. The van der Waals surface area contributed by atoms with Gasteiger partial charge in [-0.05, 0) is 42.8 Å². The van der Waals surface area contributed by atoms with Crippen LogP contribution in [0, 0.1) is 0 Å². The summed E-state index contributed by atoms with van der Waals surface area (Å²) >= 11 is 9.40. The van der Waals surface area contributed by atoms with E-state index in [1.54, 1.807) is 12.1 Å². The minimum atomic E-state index is -0.589. The second kappa shape index (κ2) is 7.48. The molecule has 0 fully saturated rings. The lowest BCUT2D eigenvalue weighted by Crippen LogP contribution is -2.32. The van der Waals surface area contributed by atoms with Gasteiger partial charge < -0.3 is 10.1 Å². The van der Waals surface area contributed by atoms with Crippen molar-refractivity contribution in [1.29, 1.82) is 0 Å². The molecule has 0 aliphatic rings. The lowest BCUT2D eigenvalue weighted by Gasteiger charge is -2.18. The lowest BCUT2D eigenvalue weighted by molar-refractivity contribution is -0.122. The minimum Gasteiger partial charge on any atom is -0.479 e. The highest BCUT2D eigenvalue weighted by molar-refractivity contribution is 9.10. The summed E-state index contributed by atoms with van der Waals surface area (Å²) in [7, 11) is 0. The van der Waals surface area contributed by atoms with E-state index in [9.17, 15) is 4.79 Å². The monoisotopic (exact) mass is 367 g/mol. The topological polar surface area (TPSA) is 38.3 Å². The van der Waals surface area contributed by atoms with Crippen LogP contribution in [0.4, 0.5) is 5.69 Å². The number of rotatable bonds is 5. The van der Waals surface area contributed by atoms with Gasteiger partial charge in [-0.1, -0.05) is 46.6 Å². The van der Waals surface area contributed by atoms with Gasteiger partial charge in [0.2, 0.25) is 0 Å². The molecule has 3 nitrogen and oxygen atoms in total. The van der Waals surface area contributed by atoms with E-state index < -0.39 is 6.10 Å². The number of carbonyl (C=O) groups is 1. The van der Waals surface area contributed by atoms with Crippen molar-refractivity contribution in [3.8, 4) is 5.75 Å². The number of anilines is 1. The number of halogens is 2. The fraction of sp³-hybridized carbons (Fsp3) is 0.188. The Morgan fingerprint density at radius 3 is 2.52 bits per heavy atom. The van der Waals surface area contributed by atoms with Gasteiger partial charge >= 0.3 is 0 Å². The van der Waals surface area contributed by atoms with Gasteiger partial charge in [-0.25, -0.2) is 0 Å². The van der Waals surface area contributed by atoms with Crippen LogP contribution in [0.15, 0.2) is 53.0 Å². The lowest BCUT2D eigenvalue weighted by atomic mass is 10.2. The molecule has 0 radical (unpaired) electrons. The molecule has 110 valence electrons. The highest BCUT2D eigenvalue weighted by Gasteiger charge is 2.19. The Balaban J connectivity index is 2.05. The van der Waals surface area contributed by atoms with Crippen LogP contribution in [0.5, 0.6) is 5.75 Å². The summed E-state index contributed by atoms with van der Waals surface area (Å²) in [6, 6.07) is 14.5. The number of para-hydroxylation sites is 1. The largest absolute Gasteiger partial charge is 0.479 e. The number of hydrogen-bond acceptors (Lipinski definition) is 2. The molecule has 0 aliphatic heterocycles. The van der Waals surface area contributed by atoms with Gasteiger partial charge in [0.15, 0.2) is 6.10 Å². The van der Waals surface area contributed by atoms with Crippen molar-refractivity contribution in [2.75, 3.05) is 5.32 Å². The average Bonchev–Trinajstić information content (AvgIpc) is 2.48. The van der Waals surface area contributed by atoms with E-state index in [1.165, 1.54) is 0 Å². The van der Waals surface area contributed by atoms with E-state index in [4.69, 9.17) is 16.3 Å². The van der Waals surface area contributed by atoms with E-state index in [2.05, 4.69) is 21.2 Å². The summed E-state index contributed by atoms with van der Waals surface area (Å²) < 4.78 is 6.66. The maximum atomic E-state index is 12.3. The molecular weight excluding hydrogens is 354 g/mol. The van der Waals surface area contributed by atoms with Crippen molar-refractivity contribution in [1.82, 2.24) is 0 Å². The maximum Gasteiger partial charge on any atom is 0.265 e. The van der Waals surface area contributed by atoms with Crippen LogP contribution >= 0.6 is 27.5 Å². The molecule has 0 saturated heterocycles. The summed E-state index contributed by atoms with van der Waals surface area (Å²) in [4.78, 5) is 12.3. The molecule has 0 bridgehead atoms. The number of benzene rings is 2. The van der Waals surface area contributed by atoms with E-state index in [0.29, 0.717) is 17.2 Å². The van der Waals surface area contributed by atoms with Crippen molar-refractivity contribution < 1.29 is 9.53 Å². The van der Waals surface area contributed by atoms with Crippen molar-refractivity contribution in [2.45, 2.75) is 19.4 Å². The van der Waals surface area contributed by atoms with Crippen LogP contribution in [0.1, 0.15) is 13.3 Å². The Kier molecular flexibility index (Phi) is 5.65. The fourth-order valence-electron chi connectivity index (χ4n) is 1.77. The second-order valence-electron chi connectivity index (χ2n) is 4.44. The average molecular weight is 369 g/mol. The van der Waals surface area contributed by atoms with Crippen LogP contribution in [-0.2, 0) is 4.79 Å². The first-order valence-electron chi connectivity index (χ1n) is 6.57. The summed E-state index contributed by atoms with van der Waals surface area (Å²) in [5.74, 6) is 0.316. The SMILES string of the molecule is CC[C@@H](Oc1ccccc1Cl)C(=O)Nc1ccc(Br)cc1. The molecule has 0 aromatic heterocycles. The highest BCUT2D eigenvalue weighted by Crippen LogP contribution is 2.25. The smallest absolute Gasteiger partial charge is 0.265 e. The van der Waals surface area contributed by atoms with Gasteiger partial charge in [0.1, 0.15) is 5.75 Å². The summed E-state index contributed by atoms with van der Waals surface area (Å²) in [5.41, 5.74) is 0.726. The van der Waals surface area contributed by atoms with E-state index >= 15 is 0 Å². The Morgan fingerprint density at radius 1 is 1.24 bits per heavy atom. The third kappa shape index (κ3) is 4.48. The van der Waals surface area contributed by atoms with Gasteiger partial charge in [-0.3, -0.25) is 4.79 Å². The third-order valence-corrected chi connectivity index (χ3v) is 3.72. The maximum absolute atomic E-state index is 12.3. The van der Waals surface area contributed by atoms with Crippen LogP contribution < -0.4 is 10.1 Å². The molecule has 1 N–H and O–H groups in total. The Bertz CT molecular complexity index is 616. The number of nitrogens with one attached hydrogen (secondary N) is 1. The highest BCUT2D eigenvalue weighted by atomic mass is 79.9. The number of hydrogen-bond donors (Lipinski definition) is 1. The first-order chi connectivity index (χ1) is 10.1. The zero-order valence-corrected chi connectivity index (χ0v) is 13.8. The van der Waals surface area contributed by atoms with Gasteiger partial charge in [0.25, 0.3) is 5.91 Å². The predicted molar refractivity (Wildman–Crippen MR) is 88.9 cm³/mol. The molecule has 0 unspecified atom stereocenters. The van der Waals surface area contributed by atoms with E-state index in [1.807, 2.05) is 43.3 Å². The standard InChI is InChI=1S/C16H15BrClNO2/c1-2-14(21-15-6-4-3-5-13(15)18)16(20)19-12-9-7-11(17)8-10-12/h3-10,14H,2H2,1H3,(H,19,20)/t14-/m1/s1. The summed E-state index contributed by atoms with van der Waals surface area (Å²) in [5, 5.41) is 3.32. The van der Waals surface area contributed by atoms with Crippen molar-refractivity contribution in [3.63, 3.8) is 0 Å². The molecule has 5 heteroatoms. The molecule has 21 heavy (non-hydrogen) atoms. The quantitative estimate of drug-likeness (QED) is 0.815. The van der Waals surface area contributed by atoms with Crippen LogP contribution in [0.3, 0.4) is 0 Å². The molecule has 1 atom stereocenters. The van der Waals surface area contributed by atoms with Crippen LogP contribution in [-0.4, -0.2) is 12.0 Å². The fourth-order valence-corrected chi connectivity index (χ4v) is 2.22. The van der Waals surface area contributed by atoms with Gasteiger partial charge in [-0.2, -0.15) is 0 Å². The Hall–Kier alpha value is -1.52. The first-order valence-corrected chi connectivity index (χ1v) is 7.75. The van der Waals surface area contributed by atoms with Crippen LogP contribution in [0.25, 0.3) is 0 Å². The van der Waals surface area contributed by atoms with Crippen molar-refractivity contribution in [3.05, 3.63) is 58.0 Å². The van der Waals surface area contributed by atoms with Gasteiger partial charge in [-0.15, -0.1) is 0 Å². The normalized spacial score (nSPS) is 11.8. The third-order valence-electron chi connectivity index (χ3n) is 2.88. The summed E-state index contributed by atoms with van der Waals surface area (Å²) in [6.07, 6.45) is -0.0401. The van der Waals surface area contributed by atoms with Crippen molar-refractivity contribution in [2.24, 2.45) is 0 Å². The molecule has 2 aromatic rings. The molecule has 0 spiro atoms. The molecule has 1 amide bonds. The number of carbonyl (C=O) groups excluding carboxylic acids is 1. The number of amides is 1. The first kappa shape index (κ1) is 15.9. The molecule has 2 aromatic carbocycles. The van der Waals surface area contributed by atoms with Crippen LogP contribution in [0.2, 0.25) is 5.02 Å². The Labute approximate surface area is 137 Å². The molecule has 0 heterocycles. The minimum absolute atomic E-state index is 0.195. The van der Waals surface area contributed by atoms with Gasteiger partial charge in [0, 0.05) is 10.2 Å². The zero-order chi connectivity index (χ0) is 15.2. The second-order valence-corrected chi connectivity index (χ2v) is 5.76. The predicted octanol–water partition coefficient (Wildman–Crippen LogP) is 4.90. The molecule has 2 rings (SSSR count). The Morgan fingerprint density at radius 2 is 1.90 bits per heavy atom. The molecule has 0 aliphatic carbocycles. The van der Waals surface area contributed by atoms with E-state index in [-0.39, 0.29) is 5.91 Å². The summed E-state index contributed by atoms with van der Waals surface area (Å²) in [6.45, 7) is 1.89. The van der Waals surface area contributed by atoms with Gasteiger partial charge in [0.05, 0.1) is 5.02 Å². The molecule has 0 saturated carbocycles. The van der Waals surface area contributed by atoms with Crippen molar-refractivity contribution >= 4 is 39.1 Å².